The van der Waals surface area contributed by atoms with Crippen molar-refractivity contribution in [2.75, 3.05) is 19.6 Å². The number of hydrogen-bond donors (Lipinski definition) is 2. The molecule has 0 radical (unpaired) electrons. The molecule has 0 aromatic heterocycles. The fourth-order valence-corrected chi connectivity index (χ4v) is 5.46. The minimum atomic E-state index is -3.53. The maximum Gasteiger partial charge on any atom is 0.251 e. The van der Waals surface area contributed by atoms with E-state index in [1.807, 2.05) is 0 Å². The van der Waals surface area contributed by atoms with Crippen molar-refractivity contribution < 1.29 is 13.2 Å². The molecule has 152 valence electrons. The fourth-order valence-electron chi connectivity index (χ4n) is 3.78. The van der Waals surface area contributed by atoms with E-state index < -0.39 is 10.0 Å². The molecule has 0 aliphatic carbocycles. The third kappa shape index (κ3) is 5.77. The molecule has 27 heavy (non-hydrogen) atoms. The summed E-state index contributed by atoms with van der Waals surface area (Å²) in [6, 6.07) is 6.10. The first-order chi connectivity index (χ1) is 12.6. The topological polar surface area (TPSA) is 92.5 Å². The predicted molar refractivity (Wildman–Crippen MR) is 108 cm³/mol. The van der Waals surface area contributed by atoms with Crippen LogP contribution in [-0.4, -0.2) is 44.3 Å². The second-order valence-corrected chi connectivity index (χ2v) is 10.3. The van der Waals surface area contributed by atoms with Crippen LogP contribution in [0.15, 0.2) is 29.2 Å². The summed E-state index contributed by atoms with van der Waals surface area (Å²) in [5, 5.41) is 2.92. The average Bonchev–Trinajstić information content (AvgIpc) is 2.60. The lowest BCUT2D eigenvalue weighted by Gasteiger charge is -2.34. The molecule has 1 amide bonds. The van der Waals surface area contributed by atoms with Crippen LogP contribution in [0.2, 0.25) is 0 Å². The second-order valence-electron chi connectivity index (χ2n) is 8.33. The number of amides is 1. The molecule has 1 saturated heterocycles. The van der Waals surface area contributed by atoms with Gasteiger partial charge in [-0.1, -0.05) is 27.7 Å². The Kier molecular flexibility index (Phi) is 7.42. The molecule has 3 N–H and O–H groups in total. The van der Waals surface area contributed by atoms with E-state index in [1.165, 1.54) is 12.1 Å². The number of piperidine rings is 1. The van der Waals surface area contributed by atoms with E-state index in [-0.39, 0.29) is 16.8 Å². The molecule has 1 fully saturated rings. The van der Waals surface area contributed by atoms with Crippen LogP contribution in [-0.2, 0) is 10.0 Å². The maximum atomic E-state index is 12.9. The van der Waals surface area contributed by atoms with E-state index in [0.717, 1.165) is 12.8 Å². The normalized spacial score (nSPS) is 22.6. The van der Waals surface area contributed by atoms with Gasteiger partial charge in [-0.25, -0.2) is 8.42 Å². The zero-order valence-electron chi connectivity index (χ0n) is 16.8. The van der Waals surface area contributed by atoms with Crippen molar-refractivity contribution in [2.24, 2.45) is 23.5 Å². The van der Waals surface area contributed by atoms with Gasteiger partial charge in [0.15, 0.2) is 0 Å². The van der Waals surface area contributed by atoms with Gasteiger partial charge in [-0.05, 0) is 54.9 Å². The van der Waals surface area contributed by atoms with Crippen LogP contribution in [0.25, 0.3) is 0 Å². The Morgan fingerprint density at radius 2 is 1.74 bits per heavy atom. The Balaban J connectivity index is 2.10. The quantitative estimate of drug-likeness (QED) is 0.742. The fraction of sp³-hybridized carbons (Fsp3) is 0.650. The van der Waals surface area contributed by atoms with Crippen LogP contribution in [0.5, 0.6) is 0 Å². The van der Waals surface area contributed by atoms with E-state index in [2.05, 4.69) is 33.0 Å². The Morgan fingerprint density at radius 1 is 1.19 bits per heavy atom. The van der Waals surface area contributed by atoms with Gasteiger partial charge in [-0.2, -0.15) is 4.31 Å². The minimum Gasteiger partial charge on any atom is -0.348 e. The maximum absolute atomic E-state index is 12.9. The molecule has 2 rings (SSSR count). The molecular formula is C20H33N3O3S. The van der Waals surface area contributed by atoms with Crippen LogP contribution in [0.3, 0.4) is 0 Å². The summed E-state index contributed by atoms with van der Waals surface area (Å²) in [5.74, 6) is 0.904. The Bertz CT molecular complexity index is 721. The smallest absolute Gasteiger partial charge is 0.251 e. The highest BCUT2D eigenvalue weighted by molar-refractivity contribution is 7.89. The van der Waals surface area contributed by atoms with Crippen LogP contribution in [0, 0.1) is 17.8 Å². The summed E-state index contributed by atoms with van der Waals surface area (Å²) in [7, 11) is -3.53. The second kappa shape index (κ2) is 9.17. The van der Waals surface area contributed by atoms with Gasteiger partial charge in [0.25, 0.3) is 5.91 Å². The number of rotatable bonds is 7. The molecule has 1 aromatic carbocycles. The van der Waals surface area contributed by atoms with Crippen molar-refractivity contribution in [1.82, 2.24) is 9.62 Å². The summed E-state index contributed by atoms with van der Waals surface area (Å²) in [6.45, 7) is 9.78. The highest BCUT2D eigenvalue weighted by Gasteiger charge is 2.31. The van der Waals surface area contributed by atoms with Crippen LogP contribution >= 0.6 is 0 Å². The number of nitrogens with zero attached hydrogens (tertiary/aromatic N) is 1. The van der Waals surface area contributed by atoms with Gasteiger partial charge < -0.3 is 11.1 Å². The van der Waals surface area contributed by atoms with Gasteiger partial charge in [0.05, 0.1) is 4.90 Å². The van der Waals surface area contributed by atoms with Gasteiger partial charge in [-0.3, -0.25) is 4.79 Å². The summed E-state index contributed by atoms with van der Waals surface area (Å²) < 4.78 is 27.4. The summed E-state index contributed by atoms with van der Waals surface area (Å²) in [4.78, 5) is 12.7. The first-order valence-electron chi connectivity index (χ1n) is 9.74. The molecule has 3 unspecified atom stereocenters. The molecule has 0 saturated carbocycles. The van der Waals surface area contributed by atoms with Crippen molar-refractivity contribution in [3.63, 3.8) is 0 Å². The van der Waals surface area contributed by atoms with E-state index in [4.69, 9.17) is 5.73 Å². The molecule has 1 aliphatic heterocycles. The monoisotopic (exact) mass is 395 g/mol. The number of carbonyl (C=O) groups is 1. The molecular weight excluding hydrogens is 362 g/mol. The van der Waals surface area contributed by atoms with Crippen LogP contribution in [0.1, 0.15) is 50.9 Å². The van der Waals surface area contributed by atoms with E-state index in [0.29, 0.717) is 43.0 Å². The van der Waals surface area contributed by atoms with Gasteiger partial charge in [0.1, 0.15) is 0 Å². The molecule has 7 heteroatoms. The van der Waals surface area contributed by atoms with Crippen LogP contribution in [0.4, 0.5) is 0 Å². The van der Waals surface area contributed by atoms with Gasteiger partial charge in [0.2, 0.25) is 10.0 Å². The first-order valence-corrected chi connectivity index (χ1v) is 11.2. The van der Waals surface area contributed by atoms with Gasteiger partial charge in [-0.15, -0.1) is 0 Å². The van der Waals surface area contributed by atoms with E-state index in [1.54, 1.807) is 16.4 Å². The third-order valence-electron chi connectivity index (χ3n) is 4.97. The predicted octanol–water partition coefficient (Wildman–Crippen LogP) is 2.46. The highest BCUT2D eigenvalue weighted by atomic mass is 32.2. The molecule has 1 aromatic rings. The van der Waals surface area contributed by atoms with Gasteiger partial charge in [0, 0.05) is 31.2 Å². The van der Waals surface area contributed by atoms with Crippen molar-refractivity contribution >= 4 is 15.9 Å². The van der Waals surface area contributed by atoms with Crippen molar-refractivity contribution in [2.45, 2.75) is 51.5 Å². The number of carbonyl (C=O) groups excluding carboxylic acids is 1. The van der Waals surface area contributed by atoms with Crippen molar-refractivity contribution in [3.8, 4) is 0 Å². The summed E-state index contributed by atoms with van der Waals surface area (Å²) in [6.07, 6.45) is 1.85. The summed E-state index contributed by atoms with van der Waals surface area (Å²) in [5.41, 5.74) is 6.18. The minimum absolute atomic E-state index is 0.0859. The largest absolute Gasteiger partial charge is 0.348 e. The Labute approximate surface area is 163 Å². The Morgan fingerprint density at radius 3 is 2.22 bits per heavy atom. The van der Waals surface area contributed by atoms with Crippen molar-refractivity contribution in [3.05, 3.63) is 29.8 Å². The van der Waals surface area contributed by atoms with E-state index in [9.17, 15) is 13.2 Å². The molecule has 0 spiro atoms. The van der Waals surface area contributed by atoms with Crippen molar-refractivity contribution in [1.29, 1.82) is 0 Å². The molecule has 3 atom stereocenters. The first kappa shape index (κ1) is 21.9. The standard InChI is InChI=1S/C20H33N3O3S/c1-14(2)9-18(11-21)22-20(24)17-5-7-19(8-6-17)27(25,26)23-12-15(3)10-16(4)13-23/h5-8,14-16,18H,9-13,21H2,1-4H3,(H,22,24). The number of nitrogens with one attached hydrogen (secondary N) is 1. The molecule has 0 bridgehead atoms. The number of benzene rings is 1. The number of hydrogen-bond acceptors (Lipinski definition) is 4. The zero-order chi connectivity index (χ0) is 20.2. The lowest BCUT2D eigenvalue weighted by Crippen LogP contribution is -2.42. The molecule has 1 aliphatic rings. The average molecular weight is 396 g/mol. The SMILES string of the molecule is CC(C)CC(CN)NC(=O)c1ccc(S(=O)(=O)N2CC(C)CC(C)C2)cc1. The zero-order valence-corrected chi connectivity index (χ0v) is 17.6. The lowest BCUT2D eigenvalue weighted by molar-refractivity contribution is 0.0933. The molecule has 1 heterocycles. The van der Waals surface area contributed by atoms with Crippen LogP contribution < -0.4 is 11.1 Å². The third-order valence-corrected chi connectivity index (χ3v) is 6.81. The molecule has 6 nitrogen and oxygen atoms in total. The van der Waals surface area contributed by atoms with E-state index >= 15 is 0 Å². The number of sulfonamides is 1. The highest BCUT2D eigenvalue weighted by Crippen LogP contribution is 2.26. The van der Waals surface area contributed by atoms with Gasteiger partial charge >= 0.3 is 0 Å². The lowest BCUT2D eigenvalue weighted by atomic mass is 9.94. The Hall–Kier alpha value is -1.44. The summed E-state index contributed by atoms with van der Waals surface area (Å²) >= 11 is 0. The number of nitrogens with two attached hydrogens (primary N) is 1.